The average molecular weight is 245 g/mol. The van der Waals surface area contributed by atoms with Gasteiger partial charge in [-0.2, -0.15) is 13.2 Å². The van der Waals surface area contributed by atoms with E-state index >= 15 is 0 Å². The van der Waals surface area contributed by atoms with Gasteiger partial charge in [0.05, 0.1) is 0 Å². The van der Waals surface area contributed by atoms with Crippen LogP contribution in [-0.4, -0.2) is 18.8 Å². The van der Waals surface area contributed by atoms with Crippen LogP contribution in [0.5, 0.6) is 5.75 Å². The fourth-order valence-corrected chi connectivity index (χ4v) is 1.94. The summed E-state index contributed by atoms with van der Waals surface area (Å²) in [5, 5.41) is 0. The summed E-state index contributed by atoms with van der Waals surface area (Å²) in [5.74, 6) is 0.691. The molecule has 0 saturated heterocycles. The van der Waals surface area contributed by atoms with Gasteiger partial charge in [-0.15, -0.1) is 0 Å². The second-order valence-electron chi connectivity index (χ2n) is 4.40. The van der Waals surface area contributed by atoms with Gasteiger partial charge in [0.15, 0.2) is 6.61 Å². The predicted molar refractivity (Wildman–Crippen MR) is 57.9 cm³/mol. The number of rotatable bonds is 3. The molecule has 1 aromatic rings. The van der Waals surface area contributed by atoms with Crippen molar-refractivity contribution in [3.05, 3.63) is 29.8 Å². The Morgan fingerprint density at radius 2 is 1.76 bits per heavy atom. The molecular weight excluding hydrogens is 231 g/mol. The van der Waals surface area contributed by atoms with Crippen LogP contribution in [0.15, 0.2) is 24.3 Å². The molecule has 1 saturated carbocycles. The average Bonchev–Trinajstić information content (AvgIpc) is 2.22. The molecule has 1 aliphatic carbocycles. The normalized spacial score (nSPS) is 24.2. The lowest BCUT2D eigenvalue weighted by atomic mass is 9.76. The molecule has 17 heavy (non-hydrogen) atoms. The number of nitrogens with two attached hydrogens (primary N) is 1. The van der Waals surface area contributed by atoms with E-state index in [0.717, 1.165) is 18.4 Å². The van der Waals surface area contributed by atoms with Crippen LogP contribution in [-0.2, 0) is 0 Å². The van der Waals surface area contributed by atoms with Crippen LogP contribution < -0.4 is 10.5 Å². The third-order valence-corrected chi connectivity index (χ3v) is 2.93. The Morgan fingerprint density at radius 1 is 1.18 bits per heavy atom. The fraction of sp³-hybridized carbons (Fsp3) is 0.500. The van der Waals surface area contributed by atoms with Crippen molar-refractivity contribution in [1.29, 1.82) is 0 Å². The van der Waals surface area contributed by atoms with E-state index in [4.69, 9.17) is 5.73 Å². The molecule has 0 bridgehead atoms. The lowest BCUT2D eigenvalue weighted by Gasteiger charge is -2.32. The fourth-order valence-electron chi connectivity index (χ4n) is 1.94. The van der Waals surface area contributed by atoms with Gasteiger partial charge in [0.2, 0.25) is 0 Å². The van der Waals surface area contributed by atoms with Gasteiger partial charge >= 0.3 is 6.18 Å². The van der Waals surface area contributed by atoms with Gasteiger partial charge in [0, 0.05) is 6.04 Å². The SMILES string of the molecule is NC1CC(c2ccc(OCC(F)(F)F)cc2)C1. The van der Waals surface area contributed by atoms with Crippen LogP contribution in [0.25, 0.3) is 0 Å². The third-order valence-electron chi connectivity index (χ3n) is 2.93. The summed E-state index contributed by atoms with van der Waals surface area (Å²) in [4.78, 5) is 0. The molecule has 1 fully saturated rings. The summed E-state index contributed by atoms with van der Waals surface area (Å²) in [6.45, 7) is -1.25. The maximum absolute atomic E-state index is 11.9. The molecule has 0 atom stereocenters. The zero-order chi connectivity index (χ0) is 12.5. The Bertz CT molecular complexity index is 368. The van der Waals surface area contributed by atoms with Crippen molar-refractivity contribution in [2.75, 3.05) is 6.61 Å². The van der Waals surface area contributed by atoms with E-state index in [2.05, 4.69) is 4.74 Å². The van der Waals surface area contributed by atoms with Gasteiger partial charge in [-0.25, -0.2) is 0 Å². The monoisotopic (exact) mass is 245 g/mol. The minimum atomic E-state index is -4.29. The molecule has 0 aromatic heterocycles. The highest BCUT2D eigenvalue weighted by atomic mass is 19.4. The third kappa shape index (κ3) is 3.36. The zero-order valence-electron chi connectivity index (χ0n) is 9.20. The quantitative estimate of drug-likeness (QED) is 0.888. The van der Waals surface area contributed by atoms with E-state index in [1.807, 2.05) is 12.1 Å². The second kappa shape index (κ2) is 4.56. The van der Waals surface area contributed by atoms with Gasteiger partial charge in [-0.3, -0.25) is 0 Å². The standard InChI is InChI=1S/C12H14F3NO/c13-12(14,15)7-17-11-3-1-8(2-4-11)9-5-10(16)6-9/h1-4,9-10H,5-7,16H2. The van der Waals surface area contributed by atoms with Crippen LogP contribution in [0.1, 0.15) is 24.3 Å². The summed E-state index contributed by atoms with van der Waals surface area (Å²) in [7, 11) is 0. The Kier molecular flexibility index (Phi) is 3.28. The van der Waals surface area contributed by atoms with Gasteiger partial charge in [-0.1, -0.05) is 12.1 Å². The number of halogens is 3. The Hall–Kier alpha value is -1.23. The first-order valence-corrected chi connectivity index (χ1v) is 5.49. The van der Waals surface area contributed by atoms with E-state index < -0.39 is 12.8 Å². The van der Waals surface area contributed by atoms with E-state index in [1.165, 1.54) is 0 Å². The largest absolute Gasteiger partial charge is 0.484 e. The topological polar surface area (TPSA) is 35.2 Å². The number of alkyl halides is 3. The van der Waals surface area contributed by atoms with Crippen molar-refractivity contribution in [3.8, 4) is 5.75 Å². The van der Waals surface area contributed by atoms with E-state index in [0.29, 0.717) is 5.92 Å². The molecule has 0 unspecified atom stereocenters. The Balaban J connectivity index is 1.89. The Morgan fingerprint density at radius 3 is 2.24 bits per heavy atom. The summed E-state index contributed by atoms with van der Waals surface area (Å²) >= 11 is 0. The lowest BCUT2D eigenvalue weighted by molar-refractivity contribution is -0.153. The van der Waals surface area contributed by atoms with Crippen molar-refractivity contribution >= 4 is 0 Å². The minimum absolute atomic E-state index is 0.245. The van der Waals surface area contributed by atoms with Crippen molar-refractivity contribution < 1.29 is 17.9 Å². The van der Waals surface area contributed by atoms with Crippen molar-refractivity contribution in [3.63, 3.8) is 0 Å². The van der Waals surface area contributed by atoms with Crippen LogP contribution in [0.4, 0.5) is 13.2 Å². The van der Waals surface area contributed by atoms with E-state index in [9.17, 15) is 13.2 Å². The highest BCUT2D eigenvalue weighted by Gasteiger charge is 2.29. The van der Waals surface area contributed by atoms with Crippen molar-refractivity contribution in [2.24, 2.45) is 5.73 Å². The Labute approximate surface area is 97.6 Å². The maximum atomic E-state index is 11.9. The first-order valence-electron chi connectivity index (χ1n) is 5.49. The molecule has 94 valence electrons. The molecule has 2 N–H and O–H groups in total. The zero-order valence-corrected chi connectivity index (χ0v) is 9.20. The number of hydrogen-bond acceptors (Lipinski definition) is 2. The second-order valence-corrected chi connectivity index (χ2v) is 4.40. The highest BCUT2D eigenvalue weighted by molar-refractivity contribution is 5.31. The van der Waals surface area contributed by atoms with Gasteiger partial charge in [-0.05, 0) is 36.5 Å². The van der Waals surface area contributed by atoms with Crippen LogP contribution >= 0.6 is 0 Å². The van der Waals surface area contributed by atoms with Gasteiger partial charge in [0.25, 0.3) is 0 Å². The molecule has 1 aliphatic rings. The minimum Gasteiger partial charge on any atom is -0.484 e. The van der Waals surface area contributed by atoms with Gasteiger partial charge in [0.1, 0.15) is 5.75 Å². The molecule has 0 spiro atoms. The number of hydrogen-bond donors (Lipinski definition) is 1. The van der Waals surface area contributed by atoms with E-state index in [1.54, 1.807) is 12.1 Å². The first-order chi connectivity index (χ1) is 7.94. The van der Waals surface area contributed by atoms with E-state index in [-0.39, 0.29) is 11.8 Å². The predicted octanol–water partition coefficient (Wildman–Crippen LogP) is 2.83. The summed E-state index contributed by atoms with van der Waals surface area (Å²) in [6, 6.07) is 7.03. The summed E-state index contributed by atoms with van der Waals surface area (Å²) < 4.78 is 40.4. The molecule has 2 nitrogen and oxygen atoms in total. The molecule has 0 heterocycles. The molecule has 2 rings (SSSR count). The molecule has 0 amide bonds. The number of benzene rings is 1. The molecule has 0 aliphatic heterocycles. The molecular formula is C12H14F3NO. The molecule has 5 heteroatoms. The molecule has 1 aromatic carbocycles. The van der Waals surface area contributed by atoms with Crippen molar-refractivity contribution in [1.82, 2.24) is 0 Å². The smallest absolute Gasteiger partial charge is 0.422 e. The maximum Gasteiger partial charge on any atom is 0.422 e. The van der Waals surface area contributed by atoms with Crippen molar-refractivity contribution in [2.45, 2.75) is 31.0 Å². The first kappa shape index (κ1) is 12.2. The number of ether oxygens (including phenoxy) is 1. The summed E-state index contributed by atoms with van der Waals surface area (Å²) in [5.41, 5.74) is 6.80. The molecule has 0 radical (unpaired) electrons. The summed E-state index contributed by atoms with van der Waals surface area (Å²) in [6.07, 6.45) is -2.40. The highest BCUT2D eigenvalue weighted by Crippen LogP contribution is 2.36. The van der Waals surface area contributed by atoms with Crippen LogP contribution in [0, 0.1) is 0 Å². The van der Waals surface area contributed by atoms with Crippen LogP contribution in [0.3, 0.4) is 0 Å². The lowest BCUT2D eigenvalue weighted by Crippen LogP contribution is -2.34. The van der Waals surface area contributed by atoms with Crippen LogP contribution in [0.2, 0.25) is 0 Å². The van der Waals surface area contributed by atoms with Gasteiger partial charge < -0.3 is 10.5 Å².